The Morgan fingerprint density at radius 3 is 2.43 bits per heavy atom. The minimum Gasteiger partial charge on any atom is -0.354 e. The van der Waals surface area contributed by atoms with E-state index in [9.17, 15) is 18.0 Å². The fourth-order valence-electron chi connectivity index (χ4n) is 4.39. The number of aromatic nitrogens is 1. The molecule has 4 nitrogen and oxygen atoms in total. The molecule has 1 aromatic heterocycles. The van der Waals surface area contributed by atoms with Crippen molar-refractivity contribution in [2.24, 2.45) is 0 Å². The number of nitrogens with one attached hydrogen (secondary N) is 2. The summed E-state index contributed by atoms with van der Waals surface area (Å²) < 4.78 is 38.8. The molecule has 0 saturated heterocycles. The van der Waals surface area contributed by atoms with Gasteiger partial charge in [0.25, 0.3) is 0 Å². The van der Waals surface area contributed by atoms with Crippen molar-refractivity contribution in [3.8, 4) is 11.3 Å². The Morgan fingerprint density at radius 2 is 1.80 bits per heavy atom. The highest BCUT2D eigenvalue weighted by molar-refractivity contribution is 5.73. The third kappa shape index (κ3) is 5.01. The molecule has 160 valence electrons. The Labute approximate surface area is 174 Å². The molecular weight excluding hydrogens is 391 g/mol. The third-order valence-electron chi connectivity index (χ3n) is 6.07. The number of hydrogen-bond acceptors (Lipinski definition) is 3. The summed E-state index contributed by atoms with van der Waals surface area (Å²) in [4.78, 5) is 15.6. The summed E-state index contributed by atoms with van der Waals surface area (Å²) in [6.07, 6.45) is 2.60. The van der Waals surface area contributed by atoms with E-state index in [2.05, 4.69) is 15.6 Å². The monoisotopic (exact) mass is 417 g/mol. The maximum absolute atomic E-state index is 12.9. The van der Waals surface area contributed by atoms with Crippen molar-refractivity contribution in [1.29, 1.82) is 0 Å². The third-order valence-corrected chi connectivity index (χ3v) is 6.07. The first-order chi connectivity index (χ1) is 14.3. The fraction of sp³-hybridized carbons (Fsp3) is 0.478. The van der Waals surface area contributed by atoms with Crippen molar-refractivity contribution in [3.63, 3.8) is 0 Å². The first kappa shape index (κ1) is 20.8. The summed E-state index contributed by atoms with van der Waals surface area (Å²) >= 11 is 0. The molecular formula is C23H26F3N3O. The maximum atomic E-state index is 12.9. The van der Waals surface area contributed by atoms with E-state index in [4.69, 9.17) is 0 Å². The van der Waals surface area contributed by atoms with Gasteiger partial charge in [-0.25, -0.2) is 0 Å². The van der Waals surface area contributed by atoms with Crippen LogP contribution in [-0.2, 0) is 11.0 Å². The number of hydrogen-bond donors (Lipinski definition) is 2. The van der Waals surface area contributed by atoms with Gasteiger partial charge in [-0.05, 0) is 55.9 Å². The van der Waals surface area contributed by atoms with Crippen molar-refractivity contribution < 1.29 is 18.0 Å². The van der Waals surface area contributed by atoms with Gasteiger partial charge in [0.2, 0.25) is 5.91 Å². The van der Waals surface area contributed by atoms with Gasteiger partial charge in [-0.1, -0.05) is 18.2 Å². The molecule has 30 heavy (non-hydrogen) atoms. The van der Waals surface area contributed by atoms with Gasteiger partial charge in [0.15, 0.2) is 0 Å². The molecule has 2 atom stereocenters. The lowest BCUT2D eigenvalue weighted by molar-refractivity contribution is -0.137. The number of pyridine rings is 1. The van der Waals surface area contributed by atoms with Crippen molar-refractivity contribution in [3.05, 3.63) is 53.7 Å². The maximum Gasteiger partial charge on any atom is 0.416 e. The summed E-state index contributed by atoms with van der Waals surface area (Å²) in [5.74, 6) is 0.441. The first-order valence-corrected chi connectivity index (χ1v) is 10.5. The van der Waals surface area contributed by atoms with Gasteiger partial charge in [-0.15, -0.1) is 0 Å². The van der Waals surface area contributed by atoms with E-state index in [0.717, 1.165) is 49.8 Å². The zero-order chi connectivity index (χ0) is 21.3. The van der Waals surface area contributed by atoms with Crippen LogP contribution in [0.3, 0.4) is 0 Å². The van der Waals surface area contributed by atoms with Gasteiger partial charge in [-0.2, -0.15) is 13.2 Å². The molecule has 2 fully saturated rings. The van der Waals surface area contributed by atoms with Crippen LogP contribution in [0.25, 0.3) is 11.3 Å². The molecule has 0 unspecified atom stereocenters. The number of benzene rings is 1. The van der Waals surface area contributed by atoms with E-state index in [1.54, 1.807) is 25.3 Å². The number of carbonyl (C=O) groups excluding carboxylic acids is 1. The zero-order valence-electron chi connectivity index (χ0n) is 16.9. The molecule has 0 spiro atoms. The number of halogens is 3. The van der Waals surface area contributed by atoms with E-state index in [1.165, 1.54) is 6.07 Å². The summed E-state index contributed by atoms with van der Waals surface area (Å²) in [6, 6.07) is 10.2. The number of nitrogens with zero attached hydrogens (tertiary/aromatic N) is 1. The quantitative estimate of drug-likeness (QED) is 0.744. The lowest BCUT2D eigenvalue weighted by atomic mass is 9.91. The van der Waals surface area contributed by atoms with Crippen LogP contribution >= 0.6 is 0 Å². The van der Waals surface area contributed by atoms with Gasteiger partial charge >= 0.3 is 6.18 Å². The average molecular weight is 417 g/mol. The molecule has 2 N–H and O–H groups in total. The van der Waals surface area contributed by atoms with Crippen molar-refractivity contribution >= 4 is 5.91 Å². The normalized spacial score (nSPS) is 26.3. The fourth-order valence-corrected chi connectivity index (χ4v) is 4.39. The predicted molar refractivity (Wildman–Crippen MR) is 109 cm³/mol. The highest BCUT2D eigenvalue weighted by atomic mass is 19.4. The topological polar surface area (TPSA) is 54.0 Å². The van der Waals surface area contributed by atoms with Gasteiger partial charge in [-0.3, -0.25) is 9.78 Å². The zero-order valence-corrected chi connectivity index (χ0v) is 16.9. The largest absolute Gasteiger partial charge is 0.416 e. The number of alkyl halides is 3. The Balaban J connectivity index is 1.31. The molecule has 1 heterocycles. The molecule has 0 aliphatic heterocycles. The summed E-state index contributed by atoms with van der Waals surface area (Å²) in [5.41, 5.74) is 1.48. The SMILES string of the molecule is CC(=O)NC1CCC(N[C@@H]2C[C@H]2c2ccc(-c3cccc(C(F)(F)F)c3)nc2)CC1. The molecule has 1 aromatic carbocycles. The van der Waals surface area contributed by atoms with Crippen LogP contribution in [0, 0.1) is 0 Å². The highest BCUT2D eigenvalue weighted by Gasteiger charge is 2.40. The van der Waals surface area contributed by atoms with Crippen LogP contribution in [0.1, 0.15) is 56.1 Å². The Morgan fingerprint density at radius 1 is 1.07 bits per heavy atom. The molecule has 2 aliphatic rings. The molecule has 0 bridgehead atoms. The lowest BCUT2D eigenvalue weighted by Crippen LogP contribution is -2.42. The van der Waals surface area contributed by atoms with Crippen LogP contribution < -0.4 is 10.6 Å². The Hall–Kier alpha value is -2.41. The minimum atomic E-state index is -4.36. The smallest absolute Gasteiger partial charge is 0.354 e. The van der Waals surface area contributed by atoms with Crippen LogP contribution in [0.2, 0.25) is 0 Å². The summed E-state index contributed by atoms with van der Waals surface area (Å²) in [6.45, 7) is 1.56. The van der Waals surface area contributed by atoms with Crippen LogP contribution in [0.15, 0.2) is 42.6 Å². The molecule has 2 saturated carbocycles. The molecule has 2 aromatic rings. The van der Waals surface area contributed by atoms with Gasteiger partial charge in [0.1, 0.15) is 0 Å². The molecule has 1 amide bonds. The predicted octanol–water partition coefficient (Wildman–Crippen LogP) is 4.66. The second kappa shape index (κ2) is 8.38. The summed E-state index contributed by atoms with van der Waals surface area (Å²) in [7, 11) is 0. The number of amides is 1. The van der Waals surface area contributed by atoms with Gasteiger partial charge in [0, 0.05) is 42.7 Å². The molecule has 0 radical (unpaired) electrons. The van der Waals surface area contributed by atoms with Crippen molar-refractivity contribution in [2.75, 3.05) is 0 Å². The van der Waals surface area contributed by atoms with E-state index < -0.39 is 11.7 Å². The van der Waals surface area contributed by atoms with E-state index in [0.29, 0.717) is 35.3 Å². The number of rotatable bonds is 5. The van der Waals surface area contributed by atoms with Crippen LogP contribution in [-0.4, -0.2) is 29.0 Å². The van der Waals surface area contributed by atoms with E-state index in [1.807, 2.05) is 6.07 Å². The van der Waals surface area contributed by atoms with Crippen LogP contribution in [0.4, 0.5) is 13.2 Å². The van der Waals surface area contributed by atoms with E-state index in [-0.39, 0.29) is 5.91 Å². The lowest BCUT2D eigenvalue weighted by Gasteiger charge is -2.29. The highest BCUT2D eigenvalue weighted by Crippen LogP contribution is 2.42. The first-order valence-electron chi connectivity index (χ1n) is 10.5. The van der Waals surface area contributed by atoms with Crippen LogP contribution in [0.5, 0.6) is 0 Å². The molecule has 7 heteroatoms. The number of carbonyl (C=O) groups is 1. The minimum absolute atomic E-state index is 0.0368. The summed E-state index contributed by atoms with van der Waals surface area (Å²) in [5, 5.41) is 6.72. The average Bonchev–Trinajstić information content (AvgIpc) is 3.48. The second-order valence-corrected chi connectivity index (χ2v) is 8.42. The van der Waals surface area contributed by atoms with E-state index >= 15 is 0 Å². The van der Waals surface area contributed by atoms with Gasteiger partial charge in [0.05, 0.1) is 11.3 Å². The second-order valence-electron chi connectivity index (χ2n) is 8.42. The van der Waals surface area contributed by atoms with Crippen molar-refractivity contribution in [1.82, 2.24) is 15.6 Å². The molecule has 2 aliphatic carbocycles. The molecule has 4 rings (SSSR count). The van der Waals surface area contributed by atoms with Crippen molar-refractivity contribution in [2.45, 2.75) is 69.2 Å². The standard InChI is InChI=1S/C23H26F3N3O/c1-14(30)28-18-6-8-19(9-7-18)29-22-12-20(22)16-5-10-21(27-13-16)15-3-2-4-17(11-15)23(24,25)26/h2-5,10-11,13,18-20,22,29H,6-9,12H2,1H3,(H,28,30)/t18?,19?,20-,22+/m0/s1. The van der Waals surface area contributed by atoms with Gasteiger partial charge < -0.3 is 10.6 Å². The Kier molecular flexibility index (Phi) is 5.82. The Bertz CT molecular complexity index is 889.